The molecule has 2 unspecified atom stereocenters. The van der Waals surface area contributed by atoms with E-state index in [1.165, 1.54) is 0 Å². The molecule has 1 aliphatic heterocycles. The van der Waals surface area contributed by atoms with Crippen molar-refractivity contribution in [2.45, 2.75) is 12.1 Å². The molecule has 2 atom stereocenters. The predicted molar refractivity (Wildman–Crippen MR) is 24.9 cm³/mol. The summed E-state index contributed by atoms with van der Waals surface area (Å²) in [6, 6.07) is 0.171. The first-order valence-corrected chi connectivity index (χ1v) is 2.37. The molecular formula is C4H9NO2. The van der Waals surface area contributed by atoms with Crippen molar-refractivity contribution in [1.29, 1.82) is 0 Å². The van der Waals surface area contributed by atoms with E-state index in [1.807, 2.05) is 0 Å². The number of hydrogen-bond donors (Lipinski definition) is 3. The van der Waals surface area contributed by atoms with Crippen LogP contribution in [-0.2, 0) is 0 Å². The zero-order valence-corrected chi connectivity index (χ0v) is 3.96. The first-order valence-electron chi connectivity index (χ1n) is 2.37. The fourth-order valence-corrected chi connectivity index (χ4v) is 0.467. The highest BCUT2D eigenvalue weighted by atomic mass is 16.3. The van der Waals surface area contributed by atoms with Crippen LogP contribution in [-0.4, -0.2) is 35.5 Å². The van der Waals surface area contributed by atoms with Crippen molar-refractivity contribution in [2.24, 2.45) is 0 Å². The normalized spacial score (nSPS) is 32.6. The van der Waals surface area contributed by atoms with Crippen LogP contribution in [0, 0.1) is 0 Å². The second kappa shape index (κ2) is 1.78. The van der Waals surface area contributed by atoms with E-state index >= 15 is 0 Å². The number of hydrogen-bond acceptors (Lipinski definition) is 3. The first-order chi connectivity index (χ1) is 3.34. The van der Waals surface area contributed by atoms with Crippen molar-refractivity contribution in [3.05, 3.63) is 0 Å². The highest BCUT2D eigenvalue weighted by Crippen LogP contribution is 2.01. The third kappa shape index (κ3) is 1.12. The molecule has 0 aromatic rings. The molecule has 3 N–H and O–H groups in total. The molecule has 0 spiro atoms. The minimum Gasteiger partial charge on any atom is -0.394 e. The lowest BCUT2D eigenvalue weighted by Crippen LogP contribution is -2.20. The molecule has 1 heterocycles. The van der Waals surface area contributed by atoms with Gasteiger partial charge in [0.25, 0.3) is 0 Å². The maximum atomic E-state index is 8.69. The molecule has 1 rings (SSSR count). The summed E-state index contributed by atoms with van der Waals surface area (Å²) in [6.07, 6.45) is -0.542. The van der Waals surface area contributed by atoms with Crippen LogP contribution in [0.15, 0.2) is 0 Å². The quantitative estimate of drug-likeness (QED) is 0.365. The molecule has 7 heavy (non-hydrogen) atoms. The summed E-state index contributed by atoms with van der Waals surface area (Å²) in [6.45, 7) is 0.722. The van der Waals surface area contributed by atoms with E-state index in [0.29, 0.717) is 0 Å². The smallest absolute Gasteiger partial charge is 0.0935 e. The van der Waals surface area contributed by atoms with Crippen LogP contribution in [0.3, 0.4) is 0 Å². The lowest BCUT2D eigenvalue weighted by Gasteiger charge is -1.99. The Balaban J connectivity index is 2.10. The Morgan fingerprint density at radius 1 is 1.86 bits per heavy atom. The van der Waals surface area contributed by atoms with Crippen LogP contribution < -0.4 is 5.32 Å². The van der Waals surface area contributed by atoms with Crippen LogP contribution in [0.4, 0.5) is 0 Å². The van der Waals surface area contributed by atoms with Gasteiger partial charge in [-0.1, -0.05) is 0 Å². The molecule has 3 nitrogen and oxygen atoms in total. The van der Waals surface area contributed by atoms with E-state index < -0.39 is 6.10 Å². The number of aliphatic hydroxyl groups is 2. The molecule has 0 amide bonds. The molecule has 0 aromatic carbocycles. The molecular weight excluding hydrogens is 94.0 g/mol. The summed E-state index contributed by atoms with van der Waals surface area (Å²) >= 11 is 0. The number of aliphatic hydroxyl groups excluding tert-OH is 2. The summed E-state index contributed by atoms with van der Waals surface area (Å²) in [4.78, 5) is 0. The van der Waals surface area contributed by atoms with Crippen LogP contribution >= 0.6 is 0 Å². The van der Waals surface area contributed by atoms with Gasteiger partial charge in [-0.3, -0.25) is 0 Å². The van der Waals surface area contributed by atoms with Crippen molar-refractivity contribution in [3.63, 3.8) is 0 Å². The van der Waals surface area contributed by atoms with Gasteiger partial charge in [0.1, 0.15) is 0 Å². The van der Waals surface area contributed by atoms with E-state index in [9.17, 15) is 0 Å². The Labute approximate surface area is 42.0 Å². The van der Waals surface area contributed by atoms with Gasteiger partial charge in [0, 0.05) is 12.6 Å². The van der Waals surface area contributed by atoms with Crippen LogP contribution in [0.2, 0.25) is 0 Å². The van der Waals surface area contributed by atoms with E-state index in [2.05, 4.69) is 5.32 Å². The second-order valence-corrected chi connectivity index (χ2v) is 1.76. The molecule has 3 heteroatoms. The molecule has 0 saturated carbocycles. The van der Waals surface area contributed by atoms with Crippen molar-refractivity contribution >= 4 is 0 Å². The maximum Gasteiger partial charge on any atom is 0.0935 e. The lowest BCUT2D eigenvalue weighted by atomic mass is 10.3. The standard InChI is InChI=1S/C4H9NO2/c6-2-4(7)3-1-5-3/h3-7H,1-2H2. The van der Waals surface area contributed by atoms with Crippen molar-refractivity contribution in [1.82, 2.24) is 5.32 Å². The molecule has 0 radical (unpaired) electrons. The van der Waals surface area contributed by atoms with E-state index in [1.54, 1.807) is 0 Å². The third-order valence-electron chi connectivity index (χ3n) is 1.09. The van der Waals surface area contributed by atoms with Gasteiger partial charge in [-0.15, -0.1) is 0 Å². The summed E-state index contributed by atoms with van der Waals surface area (Å²) < 4.78 is 0. The van der Waals surface area contributed by atoms with Crippen LogP contribution in [0.5, 0.6) is 0 Å². The van der Waals surface area contributed by atoms with Gasteiger partial charge in [-0.25, -0.2) is 0 Å². The summed E-state index contributed by atoms with van der Waals surface area (Å²) in [7, 11) is 0. The number of rotatable bonds is 2. The zero-order chi connectivity index (χ0) is 5.28. The van der Waals surface area contributed by atoms with Crippen LogP contribution in [0.25, 0.3) is 0 Å². The molecule has 1 saturated heterocycles. The van der Waals surface area contributed by atoms with Gasteiger partial charge >= 0.3 is 0 Å². The highest BCUT2D eigenvalue weighted by molar-refractivity contribution is 4.89. The summed E-state index contributed by atoms with van der Waals surface area (Å²) in [5.74, 6) is 0. The van der Waals surface area contributed by atoms with E-state index in [4.69, 9.17) is 10.2 Å². The van der Waals surface area contributed by atoms with Gasteiger partial charge in [-0.05, 0) is 0 Å². The Hall–Kier alpha value is -0.120. The predicted octanol–water partition coefficient (Wildman–Crippen LogP) is -1.69. The summed E-state index contributed by atoms with van der Waals surface area (Å²) in [5, 5.41) is 19.8. The highest BCUT2D eigenvalue weighted by Gasteiger charge is 2.27. The molecule has 0 aromatic heterocycles. The fraction of sp³-hybridized carbons (Fsp3) is 1.00. The lowest BCUT2D eigenvalue weighted by molar-refractivity contribution is 0.0942. The van der Waals surface area contributed by atoms with Gasteiger partial charge in [0.15, 0.2) is 0 Å². The van der Waals surface area contributed by atoms with Gasteiger partial charge < -0.3 is 15.5 Å². The maximum absolute atomic E-state index is 8.69. The van der Waals surface area contributed by atoms with Crippen molar-refractivity contribution in [3.8, 4) is 0 Å². The molecule has 0 aliphatic carbocycles. The minimum atomic E-state index is -0.542. The average Bonchev–Trinajstić information content (AvgIpc) is 2.44. The van der Waals surface area contributed by atoms with E-state index in [0.717, 1.165) is 6.54 Å². The van der Waals surface area contributed by atoms with E-state index in [-0.39, 0.29) is 12.6 Å². The molecule has 1 fully saturated rings. The second-order valence-electron chi connectivity index (χ2n) is 1.76. The third-order valence-corrected chi connectivity index (χ3v) is 1.09. The van der Waals surface area contributed by atoms with Gasteiger partial charge in [-0.2, -0.15) is 0 Å². The first kappa shape index (κ1) is 5.03. The monoisotopic (exact) mass is 103 g/mol. The Bertz CT molecular complexity index is 62.7. The van der Waals surface area contributed by atoms with Gasteiger partial charge in [0.2, 0.25) is 0 Å². The largest absolute Gasteiger partial charge is 0.394 e. The Kier molecular flexibility index (Phi) is 1.27. The van der Waals surface area contributed by atoms with Gasteiger partial charge in [0.05, 0.1) is 12.7 Å². The SMILES string of the molecule is OCC(O)C1CN1. The topological polar surface area (TPSA) is 62.4 Å². The average molecular weight is 103 g/mol. The zero-order valence-electron chi connectivity index (χ0n) is 3.96. The Morgan fingerprint density at radius 2 is 2.43 bits per heavy atom. The van der Waals surface area contributed by atoms with Crippen LogP contribution in [0.1, 0.15) is 0 Å². The van der Waals surface area contributed by atoms with Crippen molar-refractivity contribution < 1.29 is 10.2 Å². The summed E-state index contributed by atoms with van der Waals surface area (Å²) in [5.41, 5.74) is 0. The van der Waals surface area contributed by atoms with Crippen molar-refractivity contribution in [2.75, 3.05) is 13.2 Å². The molecule has 0 bridgehead atoms. The number of nitrogens with one attached hydrogen (secondary N) is 1. The Morgan fingerprint density at radius 3 is 2.57 bits per heavy atom. The molecule has 1 aliphatic rings. The fourth-order valence-electron chi connectivity index (χ4n) is 0.467. The minimum absolute atomic E-state index is 0.127. The molecule has 42 valence electrons.